The van der Waals surface area contributed by atoms with Gasteiger partial charge in [0.15, 0.2) is 18.5 Å². The Labute approximate surface area is 359 Å². The number of hydrogen-bond acceptors (Lipinski definition) is 15. The summed E-state index contributed by atoms with van der Waals surface area (Å²) in [6.45, 7) is 18.8. The van der Waals surface area contributed by atoms with Crippen molar-refractivity contribution in [1.82, 2.24) is 0 Å². The molecule has 7 aliphatic rings. The molecular formula is C46H72O15. The molecule has 2 heterocycles. The molecule has 15 nitrogen and oxygen atoms in total. The second-order valence-electron chi connectivity index (χ2n) is 21.6. The molecular weight excluding hydrogens is 792 g/mol. The molecule has 346 valence electrons. The lowest BCUT2D eigenvalue weighted by Crippen LogP contribution is -2.69. The van der Waals surface area contributed by atoms with Crippen LogP contribution in [-0.4, -0.2) is 129 Å². The van der Waals surface area contributed by atoms with Gasteiger partial charge in [0, 0.05) is 31.1 Å². The highest BCUT2D eigenvalue weighted by Crippen LogP contribution is 2.76. The van der Waals surface area contributed by atoms with E-state index in [4.69, 9.17) is 28.4 Å². The van der Waals surface area contributed by atoms with Crippen molar-refractivity contribution in [3.8, 4) is 0 Å². The molecule has 0 aromatic rings. The summed E-state index contributed by atoms with van der Waals surface area (Å²) in [6.07, 6.45) is -5.55. The Bertz CT molecular complexity index is 1740. The van der Waals surface area contributed by atoms with E-state index >= 15 is 0 Å². The van der Waals surface area contributed by atoms with Gasteiger partial charge in [-0.1, -0.05) is 46.3 Å². The Kier molecular flexibility index (Phi) is 12.3. The zero-order valence-electron chi connectivity index (χ0n) is 37.7. The number of carbonyl (C=O) groups is 3. The van der Waals surface area contributed by atoms with E-state index < -0.39 is 108 Å². The molecule has 61 heavy (non-hydrogen) atoms. The Morgan fingerprint density at radius 1 is 0.705 bits per heavy atom. The summed E-state index contributed by atoms with van der Waals surface area (Å²) in [6, 6.07) is 0. The van der Waals surface area contributed by atoms with Crippen LogP contribution in [-0.2, 0) is 42.8 Å². The molecule has 5 aliphatic carbocycles. The largest absolute Gasteiger partial charge is 0.456 e. The highest BCUT2D eigenvalue weighted by Gasteiger charge is 2.71. The zero-order valence-corrected chi connectivity index (χ0v) is 37.7. The highest BCUT2D eigenvalue weighted by molar-refractivity contribution is 5.77. The van der Waals surface area contributed by atoms with E-state index in [1.807, 2.05) is 13.8 Å². The Morgan fingerprint density at radius 2 is 1.33 bits per heavy atom. The number of hydrogen-bond donors (Lipinski definition) is 6. The smallest absolute Gasteiger partial charge is 0.314 e. The van der Waals surface area contributed by atoms with Crippen molar-refractivity contribution in [3.63, 3.8) is 0 Å². The fourth-order valence-electron chi connectivity index (χ4n) is 13.9. The molecule has 6 N–H and O–H groups in total. The summed E-state index contributed by atoms with van der Waals surface area (Å²) in [4.78, 5) is 38.0. The lowest BCUT2D eigenvalue weighted by atomic mass is 9.33. The quantitative estimate of drug-likeness (QED) is 0.122. The van der Waals surface area contributed by atoms with E-state index in [-0.39, 0.29) is 47.0 Å². The SMILES string of the molecule is CC(=O)O[C@@H]1[C@@H](OC(C)=O)[C@@H](O)[C@H](OC[C@@]2(C)C3CC[C@]4(C)C(CC=C5[C@@H]6C[C@](C)(C(=O)O[C@@H]7O[C@@H](C)[C@@H](O)[C@@H](O)[C@H]7O)CC[C@]6(C)CC[C@]54C)[C@@]3(C)[C@@H](O)C[C@@H]2O)O[C@H]1C. The molecule has 15 heteroatoms. The maximum Gasteiger partial charge on any atom is 0.314 e. The van der Waals surface area contributed by atoms with Crippen LogP contribution in [0.3, 0.4) is 0 Å². The molecule has 2 unspecified atom stereocenters. The van der Waals surface area contributed by atoms with Gasteiger partial charge < -0.3 is 59.1 Å². The van der Waals surface area contributed by atoms with Crippen molar-refractivity contribution in [2.45, 2.75) is 201 Å². The summed E-state index contributed by atoms with van der Waals surface area (Å²) >= 11 is 0. The molecule has 7 rings (SSSR count). The number of aliphatic hydroxyl groups excluding tert-OH is 6. The predicted molar refractivity (Wildman–Crippen MR) is 217 cm³/mol. The van der Waals surface area contributed by atoms with Crippen molar-refractivity contribution < 1.29 is 73.4 Å². The average molecular weight is 865 g/mol. The number of aliphatic hydroxyl groups is 6. The van der Waals surface area contributed by atoms with Crippen LogP contribution >= 0.6 is 0 Å². The van der Waals surface area contributed by atoms with E-state index in [1.54, 1.807) is 13.8 Å². The molecule has 0 bridgehead atoms. The molecule has 0 spiro atoms. The summed E-state index contributed by atoms with van der Waals surface area (Å²) in [5.74, 6) is -1.86. The summed E-state index contributed by atoms with van der Waals surface area (Å²) in [5, 5.41) is 66.7. The van der Waals surface area contributed by atoms with Crippen molar-refractivity contribution in [2.24, 2.45) is 50.2 Å². The van der Waals surface area contributed by atoms with Gasteiger partial charge >= 0.3 is 17.9 Å². The van der Waals surface area contributed by atoms with Crippen LogP contribution in [0, 0.1) is 50.2 Å². The first kappa shape index (κ1) is 46.8. The molecule has 21 atom stereocenters. The summed E-state index contributed by atoms with van der Waals surface area (Å²) < 4.78 is 34.7. The molecule has 2 saturated heterocycles. The van der Waals surface area contributed by atoms with Gasteiger partial charge in [-0.15, -0.1) is 0 Å². The molecule has 0 radical (unpaired) electrons. The van der Waals surface area contributed by atoms with Gasteiger partial charge in [0.1, 0.15) is 24.4 Å². The minimum Gasteiger partial charge on any atom is -0.456 e. The Balaban J connectivity index is 1.13. The first-order chi connectivity index (χ1) is 28.3. The van der Waals surface area contributed by atoms with Crippen molar-refractivity contribution in [2.75, 3.05) is 6.61 Å². The third kappa shape index (κ3) is 7.32. The first-order valence-corrected chi connectivity index (χ1v) is 22.5. The number of fused-ring (bicyclic) bond motifs is 7. The van der Waals surface area contributed by atoms with E-state index in [9.17, 15) is 45.0 Å². The minimum atomic E-state index is -1.58. The van der Waals surface area contributed by atoms with Crippen molar-refractivity contribution in [1.29, 1.82) is 0 Å². The number of ether oxygens (including phenoxy) is 6. The molecule has 6 fully saturated rings. The fourth-order valence-corrected chi connectivity index (χ4v) is 13.9. The van der Waals surface area contributed by atoms with Gasteiger partial charge in [-0.05, 0) is 106 Å². The van der Waals surface area contributed by atoms with Crippen LogP contribution < -0.4 is 0 Å². The van der Waals surface area contributed by atoms with Crippen molar-refractivity contribution >= 4 is 17.9 Å². The fraction of sp³-hybridized carbons (Fsp3) is 0.891. The number of allylic oxidation sites excluding steroid dienone is 2. The summed E-state index contributed by atoms with van der Waals surface area (Å²) in [5.41, 5.74) is -1.61. The van der Waals surface area contributed by atoms with Crippen LogP contribution in [0.15, 0.2) is 11.6 Å². The third-order valence-electron chi connectivity index (χ3n) is 18.2. The highest BCUT2D eigenvalue weighted by atomic mass is 16.7. The third-order valence-corrected chi connectivity index (χ3v) is 18.2. The second kappa shape index (κ2) is 16.0. The molecule has 0 aromatic heterocycles. The summed E-state index contributed by atoms with van der Waals surface area (Å²) in [7, 11) is 0. The topological polar surface area (TPSA) is 228 Å². The lowest BCUT2D eigenvalue weighted by Gasteiger charge is -2.72. The second-order valence-corrected chi connectivity index (χ2v) is 21.6. The minimum absolute atomic E-state index is 0.0150. The van der Waals surface area contributed by atoms with Crippen LogP contribution in [0.2, 0.25) is 0 Å². The normalized spacial score (nSPS) is 53.2. The van der Waals surface area contributed by atoms with Gasteiger partial charge in [-0.25, -0.2) is 0 Å². The van der Waals surface area contributed by atoms with E-state index in [0.717, 1.165) is 25.7 Å². The first-order valence-electron chi connectivity index (χ1n) is 22.5. The zero-order chi connectivity index (χ0) is 45.0. The van der Waals surface area contributed by atoms with Gasteiger partial charge in [0.25, 0.3) is 0 Å². The van der Waals surface area contributed by atoms with Crippen LogP contribution in [0.25, 0.3) is 0 Å². The van der Waals surface area contributed by atoms with Gasteiger partial charge in [-0.2, -0.15) is 0 Å². The van der Waals surface area contributed by atoms with Crippen LogP contribution in [0.4, 0.5) is 0 Å². The van der Waals surface area contributed by atoms with E-state index in [2.05, 4.69) is 33.8 Å². The van der Waals surface area contributed by atoms with Crippen LogP contribution in [0.1, 0.15) is 127 Å². The Hall–Kier alpha value is -2.21. The average Bonchev–Trinajstić information content (AvgIpc) is 3.18. The van der Waals surface area contributed by atoms with E-state index in [0.29, 0.717) is 25.7 Å². The maximum atomic E-state index is 14.1. The van der Waals surface area contributed by atoms with Gasteiger partial charge in [0.2, 0.25) is 6.29 Å². The maximum absolute atomic E-state index is 14.1. The van der Waals surface area contributed by atoms with Gasteiger partial charge in [0.05, 0.1) is 36.4 Å². The van der Waals surface area contributed by atoms with Gasteiger partial charge in [-0.3, -0.25) is 14.4 Å². The van der Waals surface area contributed by atoms with Crippen LogP contribution in [0.5, 0.6) is 0 Å². The van der Waals surface area contributed by atoms with E-state index in [1.165, 1.54) is 19.4 Å². The number of rotatable bonds is 7. The standard InChI is InChI=1S/C46H72O15/c1-22-32(51)33(52)34(53)39(57-22)61-40(55)42(6)16-15-41(5)17-18-44(8)26(27(41)20-42)11-12-29-45(44,9)14-13-28-43(7,30(49)19-31(50)46(28,29)10)21-56-38-35(54)37(60-25(4)48)36(23(2)58-38)59-24(3)47/h11,22-23,27-39,49-54H,12-21H2,1-10H3/t22-,23-,27-,28?,29?,30-,31-,32+,33+,34+,35+,36-,37-,38+,39-,41+,42+,43-,44+,45+,46-/m0/s1. The Morgan fingerprint density at radius 3 is 1.98 bits per heavy atom. The molecule has 0 aromatic carbocycles. The predicted octanol–water partition coefficient (Wildman–Crippen LogP) is 3.46. The molecule has 4 saturated carbocycles. The number of carbonyl (C=O) groups excluding carboxylic acids is 3. The number of esters is 3. The lowest BCUT2D eigenvalue weighted by molar-refractivity contribution is -0.316. The molecule has 2 aliphatic heterocycles. The van der Waals surface area contributed by atoms with Crippen molar-refractivity contribution in [3.05, 3.63) is 11.6 Å². The molecule has 0 amide bonds. The monoisotopic (exact) mass is 864 g/mol.